The van der Waals surface area contributed by atoms with Gasteiger partial charge in [-0.15, -0.1) is 0 Å². The molecule has 0 heterocycles. The van der Waals surface area contributed by atoms with Crippen LogP contribution in [0.1, 0.15) is 20.3 Å². The monoisotopic (exact) mass is 225 g/mol. The maximum absolute atomic E-state index is 13.2. The van der Waals surface area contributed by atoms with Crippen molar-refractivity contribution in [3.8, 4) is 5.75 Å². The molecule has 0 aliphatic heterocycles. The van der Waals surface area contributed by atoms with Crippen LogP contribution in [0, 0.1) is 5.82 Å². The van der Waals surface area contributed by atoms with Gasteiger partial charge in [0.15, 0.2) is 11.6 Å². The topological polar surface area (TPSA) is 12.5 Å². The second-order valence-electron chi connectivity index (χ2n) is 3.66. The van der Waals surface area contributed by atoms with Gasteiger partial charge in [0.2, 0.25) is 0 Å². The summed E-state index contributed by atoms with van der Waals surface area (Å²) < 4.78 is 18.5. The second kappa shape index (κ2) is 7.23. The molecule has 0 unspecified atom stereocenters. The van der Waals surface area contributed by atoms with Crippen LogP contribution < -0.4 is 4.74 Å². The molecule has 0 fully saturated rings. The van der Waals surface area contributed by atoms with Crippen molar-refractivity contribution in [1.29, 1.82) is 0 Å². The lowest BCUT2D eigenvalue weighted by molar-refractivity contribution is 0.243. The molecule has 2 nitrogen and oxygen atoms in total. The molecule has 0 N–H and O–H groups in total. The second-order valence-corrected chi connectivity index (χ2v) is 3.66. The third-order valence-electron chi connectivity index (χ3n) is 2.61. The number of para-hydroxylation sites is 1. The number of hydrogen-bond donors (Lipinski definition) is 0. The minimum Gasteiger partial charge on any atom is -0.490 e. The summed E-state index contributed by atoms with van der Waals surface area (Å²) in [5, 5.41) is 0. The van der Waals surface area contributed by atoms with Gasteiger partial charge in [0.1, 0.15) is 0 Å². The molecule has 0 aromatic heterocycles. The predicted molar refractivity (Wildman–Crippen MR) is 64.3 cm³/mol. The molecule has 0 saturated carbocycles. The van der Waals surface area contributed by atoms with Crippen molar-refractivity contribution < 1.29 is 9.13 Å². The molecule has 0 aliphatic rings. The molecule has 0 saturated heterocycles. The highest BCUT2D eigenvalue weighted by molar-refractivity contribution is 5.23. The summed E-state index contributed by atoms with van der Waals surface area (Å²) in [5.41, 5.74) is 0. The molecular weight excluding hydrogens is 205 g/mol. The highest BCUT2D eigenvalue weighted by Gasteiger charge is 2.02. The van der Waals surface area contributed by atoms with E-state index < -0.39 is 0 Å². The van der Waals surface area contributed by atoms with E-state index in [0.717, 1.165) is 26.1 Å². The van der Waals surface area contributed by atoms with Crippen LogP contribution in [0.15, 0.2) is 24.3 Å². The first-order valence-corrected chi connectivity index (χ1v) is 5.87. The van der Waals surface area contributed by atoms with E-state index in [1.165, 1.54) is 6.07 Å². The van der Waals surface area contributed by atoms with Gasteiger partial charge in [-0.2, -0.15) is 0 Å². The van der Waals surface area contributed by atoms with Gasteiger partial charge in [0.25, 0.3) is 0 Å². The molecule has 0 bridgehead atoms. The van der Waals surface area contributed by atoms with E-state index in [4.69, 9.17) is 4.74 Å². The number of hydrogen-bond acceptors (Lipinski definition) is 2. The van der Waals surface area contributed by atoms with Crippen LogP contribution in [0.2, 0.25) is 0 Å². The van der Waals surface area contributed by atoms with Gasteiger partial charge in [0.05, 0.1) is 6.61 Å². The Morgan fingerprint density at radius 1 is 1.19 bits per heavy atom. The Morgan fingerprint density at radius 3 is 2.50 bits per heavy atom. The van der Waals surface area contributed by atoms with Gasteiger partial charge in [0, 0.05) is 6.54 Å². The minimum atomic E-state index is -0.287. The fourth-order valence-corrected chi connectivity index (χ4v) is 1.57. The lowest BCUT2D eigenvalue weighted by Gasteiger charge is -2.17. The lowest BCUT2D eigenvalue weighted by atomic mass is 10.3. The van der Waals surface area contributed by atoms with E-state index in [1.807, 2.05) is 0 Å². The Bertz CT molecular complexity index is 300. The summed E-state index contributed by atoms with van der Waals surface area (Å²) in [6.07, 6.45) is 0.927. The summed E-state index contributed by atoms with van der Waals surface area (Å²) in [6.45, 7) is 7.95. The minimum absolute atomic E-state index is 0.287. The zero-order valence-corrected chi connectivity index (χ0v) is 10.1. The standard InChI is InChI=1S/C13H20FNO/c1-3-15(4-2)10-7-11-16-13-9-6-5-8-12(13)14/h5-6,8-9H,3-4,7,10-11H2,1-2H3. The first-order valence-electron chi connectivity index (χ1n) is 5.87. The molecule has 3 heteroatoms. The van der Waals surface area contributed by atoms with Gasteiger partial charge >= 0.3 is 0 Å². The third-order valence-corrected chi connectivity index (χ3v) is 2.61. The quantitative estimate of drug-likeness (QED) is 0.661. The van der Waals surface area contributed by atoms with Gasteiger partial charge in [-0.25, -0.2) is 4.39 Å². The highest BCUT2D eigenvalue weighted by Crippen LogP contribution is 2.15. The Kier molecular flexibility index (Phi) is 5.86. The van der Waals surface area contributed by atoms with Crippen molar-refractivity contribution in [2.75, 3.05) is 26.2 Å². The third kappa shape index (κ3) is 4.19. The SMILES string of the molecule is CCN(CC)CCCOc1ccccc1F. The highest BCUT2D eigenvalue weighted by atomic mass is 19.1. The van der Waals surface area contributed by atoms with Crippen LogP contribution in [0.4, 0.5) is 4.39 Å². The Morgan fingerprint density at radius 2 is 1.88 bits per heavy atom. The first kappa shape index (κ1) is 13.0. The maximum Gasteiger partial charge on any atom is 0.165 e. The lowest BCUT2D eigenvalue weighted by Crippen LogP contribution is -2.25. The molecule has 0 atom stereocenters. The number of rotatable bonds is 7. The van der Waals surface area contributed by atoms with E-state index in [-0.39, 0.29) is 5.82 Å². The molecule has 16 heavy (non-hydrogen) atoms. The molecule has 0 spiro atoms. The number of halogens is 1. The molecule has 90 valence electrons. The van der Waals surface area contributed by atoms with Crippen molar-refractivity contribution in [2.24, 2.45) is 0 Å². The summed E-state index contributed by atoms with van der Waals surface area (Å²) >= 11 is 0. The molecule has 0 radical (unpaired) electrons. The van der Waals surface area contributed by atoms with Gasteiger partial charge < -0.3 is 9.64 Å². The molecule has 1 rings (SSSR count). The average Bonchev–Trinajstić information content (AvgIpc) is 2.31. The number of benzene rings is 1. The normalized spacial score (nSPS) is 10.8. The van der Waals surface area contributed by atoms with E-state index >= 15 is 0 Å². The van der Waals surface area contributed by atoms with Gasteiger partial charge in [-0.3, -0.25) is 0 Å². The van der Waals surface area contributed by atoms with Gasteiger partial charge in [-0.05, 0) is 31.6 Å². The molecule has 1 aromatic rings. The average molecular weight is 225 g/mol. The first-order chi connectivity index (χ1) is 7.77. The van der Waals surface area contributed by atoms with Crippen LogP contribution in [0.5, 0.6) is 5.75 Å². The molecular formula is C13H20FNO. The predicted octanol–water partition coefficient (Wildman–Crippen LogP) is 2.94. The van der Waals surface area contributed by atoms with Crippen molar-refractivity contribution >= 4 is 0 Å². The number of nitrogens with zero attached hydrogens (tertiary/aromatic N) is 1. The zero-order chi connectivity index (χ0) is 11.8. The van der Waals surface area contributed by atoms with Crippen molar-refractivity contribution in [1.82, 2.24) is 4.90 Å². The smallest absolute Gasteiger partial charge is 0.165 e. The summed E-state index contributed by atoms with van der Waals surface area (Å²) in [4.78, 5) is 2.32. The van der Waals surface area contributed by atoms with Crippen LogP contribution in [0.3, 0.4) is 0 Å². The van der Waals surface area contributed by atoms with Gasteiger partial charge in [-0.1, -0.05) is 26.0 Å². The van der Waals surface area contributed by atoms with Crippen molar-refractivity contribution in [2.45, 2.75) is 20.3 Å². The summed E-state index contributed by atoms with van der Waals surface area (Å²) in [7, 11) is 0. The van der Waals surface area contributed by atoms with Crippen molar-refractivity contribution in [3.63, 3.8) is 0 Å². The number of ether oxygens (including phenoxy) is 1. The molecule has 1 aromatic carbocycles. The molecule has 0 aliphatic carbocycles. The van der Waals surface area contributed by atoms with E-state index in [2.05, 4.69) is 18.7 Å². The zero-order valence-electron chi connectivity index (χ0n) is 10.1. The van der Waals surface area contributed by atoms with Crippen LogP contribution >= 0.6 is 0 Å². The van der Waals surface area contributed by atoms with Crippen molar-refractivity contribution in [3.05, 3.63) is 30.1 Å². The Labute approximate surface area is 97.0 Å². The van der Waals surface area contributed by atoms with E-state index in [0.29, 0.717) is 12.4 Å². The Balaban J connectivity index is 2.23. The maximum atomic E-state index is 13.2. The largest absolute Gasteiger partial charge is 0.490 e. The summed E-state index contributed by atoms with van der Waals surface area (Å²) in [6, 6.07) is 6.52. The Hall–Kier alpha value is -1.09. The summed E-state index contributed by atoms with van der Waals surface area (Å²) in [5.74, 6) is 0.0624. The van der Waals surface area contributed by atoms with E-state index in [1.54, 1.807) is 18.2 Å². The fourth-order valence-electron chi connectivity index (χ4n) is 1.57. The van der Waals surface area contributed by atoms with E-state index in [9.17, 15) is 4.39 Å². The van der Waals surface area contributed by atoms with Crippen LogP contribution in [0.25, 0.3) is 0 Å². The van der Waals surface area contributed by atoms with Crippen LogP contribution in [-0.2, 0) is 0 Å². The molecule has 0 amide bonds. The fraction of sp³-hybridized carbons (Fsp3) is 0.538. The van der Waals surface area contributed by atoms with Crippen LogP contribution in [-0.4, -0.2) is 31.1 Å².